The molecule has 5 nitrogen and oxygen atoms in total. The Balaban J connectivity index is 1.75. The summed E-state index contributed by atoms with van der Waals surface area (Å²) in [6, 6.07) is 1.75. The molecule has 0 aromatic carbocycles. The number of aromatic nitrogens is 2. The molecule has 92 valence electrons. The van der Waals surface area contributed by atoms with Gasteiger partial charge in [0.25, 0.3) is 5.91 Å². The summed E-state index contributed by atoms with van der Waals surface area (Å²) < 4.78 is 0. The van der Waals surface area contributed by atoms with Crippen LogP contribution in [0.5, 0.6) is 0 Å². The summed E-state index contributed by atoms with van der Waals surface area (Å²) in [5, 5.41) is 12.8. The van der Waals surface area contributed by atoms with E-state index in [9.17, 15) is 4.79 Å². The quantitative estimate of drug-likeness (QED) is 0.674. The van der Waals surface area contributed by atoms with Gasteiger partial charge in [-0.1, -0.05) is 11.6 Å². The first-order valence-corrected chi connectivity index (χ1v) is 5.94. The van der Waals surface area contributed by atoms with Crippen molar-refractivity contribution in [3.8, 4) is 0 Å². The first kappa shape index (κ1) is 11.9. The van der Waals surface area contributed by atoms with Crippen LogP contribution in [0, 0.1) is 6.92 Å². The maximum atomic E-state index is 11.7. The number of hydrogen-bond donors (Lipinski definition) is 3. The highest BCUT2D eigenvalue weighted by atomic mass is 16.1. The number of carbonyl (C=O) groups excluding carboxylic acids is 1. The summed E-state index contributed by atoms with van der Waals surface area (Å²) in [4.78, 5) is 11.7. The summed E-state index contributed by atoms with van der Waals surface area (Å²) in [5.41, 5.74) is 2.78. The van der Waals surface area contributed by atoms with Gasteiger partial charge in [0.2, 0.25) is 0 Å². The van der Waals surface area contributed by atoms with Gasteiger partial charge in [-0.15, -0.1) is 0 Å². The molecule has 0 bridgehead atoms. The van der Waals surface area contributed by atoms with E-state index in [0.29, 0.717) is 12.2 Å². The van der Waals surface area contributed by atoms with E-state index in [0.717, 1.165) is 31.6 Å². The van der Waals surface area contributed by atoms with E-state index in [4.69, 9.17) is 0 Å². The molecule has 1 aliphatic heterocycles. The van der Waals surface area contributed by atoms with Gasteiger partial charge in [0.1, 0.15) is 5.69 Å². The predicted molar refractivity (Wildman–Crippen MR) is 65.8 cm³/mol. The third kappa shape index (κ3) is 3.42. The molecule has 0 radical (unpaired) electrons. The molecule has 1 aromatic rings. The third-order valence-corrected chi connectivity index (χ3v) is 2.83. The Morgan fingerprint density at radius 3 is 3.12 bits per heavy atom. The van der Waals surface area contributed by atoms with Crippen LogP contribution in [0.1, 0.15) is 29.0 Å². The van der Waals surface area contributed by atoms with E-state index in [1.807, 2.05) is 6.92 Å². The Kier molecular flexibility index (Phi) is 3.93. The smallest absolute Gasteiger partial charge is 0.271 e. The first-order chi connectivity index (χ1) is 8.25. The van der Waals surface area contributed by atoms with Crippen LogP contribution in [0.2, 0.25) is 0 Å². The summed E-state index contributed by atoms with van der Waals surface area (Å²) in [6.45, 7) is 4.54. The fraction of sp³-hybridized carbons (Fsp3) is 0.500. The molecule has 0 spiro atoms. The maximum Gasteiger partial charge on any atom is 0.271 e. The second kappa shape index (κ2) is 5.63. The minimum Gasteiger partial charge on any atom is -0.350 e. The molecule has 0 aliphatic carbocycles. The Bertz CT molecular complexity index is 422. The van der Waals surface area contributed by atoms with Crippen molar-refractivity contribution in [2.24, 2.45) is 0 Å². The zero-order valence-corrected chi connectivity index (χ0v) is 10.0. The fourth-order valence-electron chi connectivity index (χ4n) is 1.86. The second-order valence-corrected chi connectivity index (χ2v) is 4.26. The number of rotatable bonds is 4. The van der Waals surface area contributed by atoms with Crippen molar-refractivity contribution in [2.45, 2.75) is 19.8 Å². The van der Waals surface area contributed by atoms with Gasteiger partial charge < -0.3 is 10.6 Å². The molecule has 1 aliphatic rings. The van der Waals surface area contributed by atoms with Crippen molar-refractivity contribution in [1.29, 1.82) is 0 Å². The van der Waals surface area contributed by atoms with Gasteiger partial charge in [-0.2, -0.15) is 5.10 Å². The van der Waals surface area contributed by atoms with Gasteiger partial charge >= 0.3 is 0 Å². The monoisotopic (exact) mass is 234 g/mol. The Labute approximate surface area is 101 Å². The van der Waals surface area contributed by atoms with Crippen LogP contribution >= 0.6 is 0 Å². The molecule has 17 heavy (non-hydrogen) atoms. The standard InChI is InChI=1S/C12H18N4O/c1-9-8-11(16-15-9)12(17)14-7-4-10-2-5-13-6-3-10/h2,8,13H,3-7H2,1H3,(H,14,17)(H,15,16). The van der Waals surface area contributed by atoms with E-state index >= 15 is 0 Å². The topological polar surface area (TPSA) is 69.8 Å². The highest BCUT2D eigenvalue weighted by Gasteiger charge is 2.09. The van der Waals surface area contributed by atoms with Crippen LogP contribution in [0.3, 0.4) is 0 Å². The van der Waals surface area contributed by atoms with Crippen molar-refractivity contribution in [2.75, 3.05) is 19.6 Å². The molecule has 1 aromatic heterocycles. The van der Waals surface area contributed by atoms with Crippen molar-refractivity contribution < 1.29 is 4.79 Å². The van der Waals surface area contributed by atoms with E-state index < -0.39 is 0 Å². The minimum absolute atomic E-state index is 0.108. The van der Waals surface area contributed by atoms with Gasteiger partial charge in [0.15, 0.2) is 0 Å². The molecular weight excluding hydrogens is 216 g/mol. The van der Waals surface area contributed by atoms with Crippen LogP contribution < -0.4 is 10.6 Å². The minimum atomic E-state index is -0.108. The van der Waals surface area contributed by atoms with E-state index in [1.54, 1.807) is 6.07 Å². The number of nitrogens with zero attached hydrogens (tertiary/aromatic N) is 1. The summed E-state index contributed by atoms with van der Waals surface area (Å²) in [5.74, 6) is -0.108. The Morgan fingerprint density at radius 1 is 1.59 bits per heavy atom. The zero-order valence-electron chi connectivity index (χ0n) is 10.0. The van der Waals surface area contributed by atoms with Gasteiger partial charge in [-0.25, -0.2) is 0 Å². The summed E-state index contributed by atoms with van der Waals surface area (Å²) >= 11 is 0. The SMILES string of the molecule is Cc1cc(C(=O)NCCC2=CCNCC2)n[nH]1. The molecule has 0 atom stereocenters. The highest BCUT2D eigenvalue weighted by Crippen LogP contribution is 2.08. The number of aryl methyl sites for hydroxylation is 1. The van der Waals surface area contributed by atoms with Crippen LogP contribution in [0.25, 0.3) is 0 Å². The molecule has 3 N–H and O–H groups in total. The number of amides is 1. The van der Waals surface area contributed by atoms with Crippen molar-refractivity contribution in [1.82, 2.24) is 20.8 Å². The molecule has 0 saturated carbocycles. The van der Waals surface area contributed by atoms with Gasteiger partial charge in [-0.05, 0) is 32.4 Å². The molecule has 0 saturated heterocycles. The lowest BCUT2D eigenvalue weighted by Gasteiger charge is -2.13. The largest absolute Gasteiger partial charge is 0.350 e. The Hall–Kier alpha value is -1.62. The lowest BCUT2D eigenvalue weighted by atomic mass is 10.1. The second-order valence-electron chi connectivity index (χ2n) is 4.26. The zero-order chi connectivity index (χ0) is 12.1. The first-order valence-electron chi connectivity index (χ1n) is 5.94. The van der Waals surface area contributed by atoms with Gasteiger partial charge in [-0.3, -0.25) is 9.89 Å². The lowest BCUT2D eigenvalue weighted by molar-refractivity contribution is 0.0949. The van der Waals surface area contributed by atoms with Crippen molar-refractivity contribution in [3.63, 3.8) is 0 Å². The Morgan fingerprint density at radius 2 is 2.47 bits per heavy atom. The van der Waals surface area contributed by atoms with Gasteiger partial charge in [0.05, 0.1) is 0 Å². The molecule has 5 heteroatoms. The van der Waals surface area contributed by atoms with E-state index in [2.05, 4.69) is 26.9 Å². The number of nitrogens with one attached hydrogen (secondary N) is 3. The van der Waals surface area contributed by atoms with Crippen LogP contribution in [0.4, 0.5) is 0 Å². The van der Waals surface area contributed by atoms with Crippen molar-refractivity contribution >= 4 is 5.91 Å². The van der Waals surface area contributed by atoms with E-state index in [-0.39, 0.29) is 5.91 Å². The number of carbonyl (C=O) groups is 1. The van der Waals surface area contributed by atoms with Crippen LogP contribution in [-0.2, 0) is 0 Å². The van der Waals surface area contributed by atoms with E-state index in [1.165, 1.54) is 5.57 Å². The molecule has 0 unspecified atom stereocenters. The third-order valence-electron chi connectivity index (χ3n) is 2.83. The average molecular weight is 234 g/mol. The molecular formula is C12H18N4O. The van der Waals surface area contributed by atoms with Crippen molar-refractivity contribution in [3.05, 3.63) is 29.1 Å². The molecule has 0 fully saturated rings. The molecule has 1 amide bonds. The maximum absolute atomic E-state index is 11.7. The number of H-pyrrole nitrogens is 1. The normalized spacial score (nSPS) is 15.5. The average Bonchev–Trinajstić information content (AvgIpc) is 2.77. The summed E-state index contributed by atoms with van der Waals surface area (Å²) in [6.07, 6.45) is 4.21. The van der Waals surface area contributed by atoms with Gasteiger partial charge in [0, 0.05) is 18.8 Å². The number of hydrogen-bond acceptors (Lipinski definition) is 3. The molecule has 2 rings (SSSR count). The van der Waals surface area contributed by atoms with Crippen LogP contribution in [-0.4, -0.2) is 35.7 Å². The lowest BCUT2D eigenvalue weighted by Crippen LogP contribution is -2.26. The number of aromatic amines is 1. The highest BCUT2D eigenvalue weighted by molar-refractivity contribution is 5.92. The fourth-order valence-corrected chi connectivity index (χ4v) is 1.86. The molecule has 2 heterocycles. The predicted octanol–water partition coefficient (Wildman–Crippen LogP) is 0.758. The van der Waals surface area contributed by atoms with Crippen LogP contribution in [0.15, 0.2) is 17.7 Å². The summed E-state index contributed by atoms with van der Waals surface area (Å²) in [7, 11) is 0.